The molecular weight excluding hydrogens is 462 g/mol. The number of piperazine rings is 1. The molecule has 0 radical (unpaired) electrons. The van der Waals surface area contributed by atoms with Crippen molar-refractivity contribution in [3.8, 4) is 11.5 Å². The molecule has 1 aliphatic heterocycles. The van der Waals surface area contributed by atoms with E-state index in [-0.39, 0.29) is 5.91 Å². The Morgan fingerprint density at radius 1 is 1.00 bits per heavy atom. The molecule has 1 saturated heterocycles. The standard InChI is InChI=1S/C28H32ClN3O3/c1-20-18-32(15-14-31(20)19-21-8-13-26(34-2)27(16-21)35-3)25-7-5-4-6-23(25)17-30-28(33)22-9-11-24(29)12-10-22/h4-13,16,20H,14-15,17-19H2,1-3H3,(H,30,33). The lowest BCUT2D eigenvalue weighted by Crippen LogP contribution is -2.51. The smallest absolute Gasteiger partial charge is 0.251 e. The van der Waals surface area contributed by atoms with E-state index in [0.717, 1.165) is 43.2 Å². The topological polar surface area (TPSA) is 54.0 Å². The summed E-state index contributed by atoms with van der Waals surface area (Å²) in [4.78, 5) is 17.5. The second kappa shape index (κ2) is 11.5. The number of ether oxygens (including phenoxy) is 2. The molecule has 1 fully saturated rings. The minimum atomic E-state index is -0.107. The van der Waals surface area contributed by atoms with Gasteiger partial charge in [0.25, 0.3) is 5.91 Å². The second-order valence-corrected chi connectivity index (χ2v) is 9.21. The number of methoxy groups -OCH3 is 2. The van der Waals surface area contributed by atoms with Crippen LogP contribution in [0.5, 0.6) is 11.5 Å². The molecule has 1 aliphatic rings. The molecule has 1 heterocycles. The van der Waals surface area contributed by atoms with Crippen molar-refractivity contribution in [3.63, 3.8) is 0 Å². The summed E-state index contributed by atoms with van der Waals surface area (Å²) in [7, 11) is 3.32. The van der Waals surface area contributed by atoms with Crippen LogP contribution in [0.15, 0.2) is 66.7 Å². The van der Waals surface area contributed by atoms with E-state index in [4.69, 9.17) is 21.1 Å². The average molecular weight is 494 g/mol. The Morgan fingerprint density at radius 3 is 2.46 bits per heavy atom. The number of nitrogens with zero attached hydrogens (tertiary/aromatic N) is 2. The van der Waals surface area contributed by atoms with Crippen LogP contribution in [0, 0.1) is 0 Å². The zero-order valence-electron chi connectivity index (χ0n) is 20.5. The third-order valence-electron chi connectivity index (χ3n) is 6.48. The van der Waals surface area contributed by atoms with Crippen molar-refractivity contribution in [2.24, 2.45) is 0 Å². The minimum absolute atomic E-state index is 0.107. The fourth-order valence-corrected chi connectivity index (χ4v) is 4.64. The first kappa shape index (κ1) is 24.9. The van der Waals surface area contributed by atoms with E-state index < -0.39 is 0 Å². The molecule has 0 bridgehead atoms. The summed E-state index contributed by atoms with van der Waals surface area (Å²) in [6.45, 7) is 6.36. The van der Waals surface area contributed by atoms with Gasteiger partial charge in [-0.3, -0.25) is 9.69 Å². The summed E-state index contributed by atoms with van der Waals surface area (Å²) in [6, 6.07) is 21.7. The maximum absolute atomic E-state index is 12.6. The van der Waals surface area contributed by atoms with Crippen LogP contribution in [0.2, 0.25) is 5.02 Å². The highest BCUT2D eigenvalue weighted by Crippen LogP contribution is 2.29. The number of nitrogens with one attached hydrogen (secondary N) is 1. The van der Waals surface area contributed by atoms with Crippen molar-refractivity contribution < 1.29 is 14.3 Å². The fraction of sp³-hybridized carbons (Fsp3) is 0.321. The lowest BCUT2D eigenvalue weighted by Gasteiger charge is -2.41. The van der Waals surface area contributed by atoms with Crippen molar-refractivity contribution in [1.29, 1.82) is 0 Å². The molecule has 0 aliphatic carbocycles. The van der Waals surface area contributed by atoms with Crippen LogP contribution in [0.4, 0.5) is 5.69 Å². The largest absolute Gasteiger partial charge is 0.493 e. The van der Waals surface area contributed by atoms with Crippen LogP contribution in [0.1, 0.15) is 28.4 Å². The van der Waals surface area contributed by atoms with Crippen LogP contribution < -0.4 is 19.7 Å². The number of halogens is 1. The summed E-state index contributed by atoms with van der Waals surface area (Å²) >= 11 is 5.94. The van der Waals surface area contributed by atoms with Crippen molar-refractivity contribution >= 4 is 23.2 Å². The number of rotatable bonds is 8. The molecule has 184 valence electrons. The molecular formula is C28H32ClN3O3. The second-order valence-electron chi connectivity index (χ2n) is 8.77. The van der Waals surface area contributed by atoms with E-state index in [9.17, 15) is 4.79 Å². The molecule has 6 nitrogen and oxygen atoms in total. The fourth-order valence-electron chi connectivity index (χ4n) is 4.51. The Morgan fingerprint density at radius 2 is 1.74 bits per heavy atom. The van der Waals surface area contributed by atoms with Gasteiger partial charge < -0.3 is 19.7 Å². The molecule has 0 spiro atoms. The van der Waals surface area contributed by atoms with Crippen LogP contribution in [-0.4, -0.2) is 50.7 Å². The molecule has 3 aromatic rings. The predicted molar refractivity (Wildman–Crippen MR) is 141 cm³/mol. The number of hydrogen-bond acceptors (Lipinski definition) is 5. The van der Waals surface area contributed by atoms with Gasteiger partial charge in [-0.2, -0.15) is 0 Å². The molecule has 1 atom stereocenters. The van der Waals surface area contributed by atoms with E-state index in [0.29, 0.717) is 23.2 Å². The molecule has 35 heavy (non-hydrogen) atoms. The van der Waals surface area contributed by atoms with Crippen LogP contribution >= 0.6 is 11.6 Å². The molecule has 7 heteroatoms. The Labute approximate surface area is 212 Å². The van der Waals surface area contributed by atoms with Gasteiger partial charge in [-0.15, -0.1) is 0 Å². The molecule has 0 saturated carbocycles. The van der Waals surface area contributed by atoms with E-state index in [1.165, 1.54) is 11.3 Å². The monoisotopic (exact) mass is 493 g/mol. The van der Waals surface area contributed by atoms with Crippen molar-refractivity contribution in [3.05, 3.63) is 88.4 Å². The molecule has 1 amide bonds. The first-order valence-corrected chi connectivity index (χ1v) is 12.2. The quantitative estimate of drug-likeness (QED) is 0.478. The van der Waals surface area contributed by atoms with Gasteiger partial charge in [0.2, 0.25) is 0 Å². The van der Waals surface area contributed by atoms with E-state index >= 15 is 0 Å². The number of carbonyl (C=O) groups excluding carboxylic acids is 1. The van der Waals surface area contributed by atoms with Crippen LogP contribution in [0.3, 0.4) is 0 Å². The van der Waals surface area contributed by atoms with Crippen molar-refractivity contribution in [2.45, 2.75) is 26.1 Å². The van der Waals surface area contributed by atoms with Gasteiger partial charge in [-0.05, 0) is 60.5 Å². The van der Waals surface area contributed by atoms with Gasteiger partial charge in [0.15, 0.2) is 11.5 Å². The first-order chi connectivity index (χ1) is 17.0. The SMILES string of the molecule is COc1ccc(CN2CCN(c3ccccc3CNC(=O)c3ccc(Cl)cc3)CC2C)cc1OC. The molecule has 1 N–H and O–H groups in total. The summed E-state index contributed by atoms with van der Waals surface area (Å²) in [5, 5.41) is 3.66. The number of hydrogen-bond donors (Lipinski definition) is 1. The third-order valence-corrected chi connectivity index (χ3v) is 6.73. The van der Waals surface area contributed by atoms with E-state index in [1.54, 1.807) is 38.5 Å². The third kappa shape index (κ3) is 6.08. The first-order valence-electron chi connectivity index (χ1n) is 11.8. The van der Waals surface area contributed by atoms with Gasteiger partial charge in [-0.1, -0.05) is 35.9 Å². The predicted octanol–water partition coefficient (Wildman–Crippen LogP) is 5.00. The van der Waals surface area contributed by atoms with Crippen molar-refractivity contribution in [2.75, 3.05) is 38.8 Å². The number of carbonyl (C=O) groups is 1. The van der Waals surface area contributed by atoms with Crippen LogP contribution in [0.25, 0.3) is 0 Å². The molecule has 4 rings (SSSR count). The van der Waals surface area contributed by atoms with Crippen molar-refractivity contribution in [1.82, 2.24) is 10.2 Å². The molecule has 3 aromatic carbocycles. The summed E-state index contributed by atoms with van der Waals surface area (Å²) in [6.07, 6.45) is 0. The van der Waals surface area contributed by atoms with E-state index in [1.807, 2.05) is 12.1 Å². The highest BCUT2D eigenvalue weighted by atomic mass is 35.5. The lowest BCUT2D eigenvalue weighted by atomic mass is 10.1. The lowest BCUT2D eigenvalue weighted by molar-refractivity contribution is 0.0951. The maximum Gasteiger partial charge on any atom is 0.251 e. The van der Waals surface area contributed by atoms with E-state index in [2.05, 4.69) is 52.4 Å². The Balaban J connectivity index is 1.39. The highest BCUT2D eigenvalue weighted by molar-refractivity contribution is 6.30. The highest BCUT2D eigenvalue weighted by Gasteiger charge is 2.25. The van der Waals surface area contributed by atoms with Gasteiger partial charge in [-0.25, -0.2) is 0 Å². The van der Waals surface area contributed by atoms with Gasteiger partial charge in [0.05, 0.1) is 14.2 Å². The summed E-state index contributed by atoms with van der Waals surface area (Å²) in [5.41, 5.74) is 4.08. The minimum Gasteiger partial charge on any atom is -0.493 e. The Hall–Kier alpha value is -3.22. The Kier molecular flexibility index (Phi) is 8.16. The van der Waals surface area contributed by atoms with Gasteiger partial charge >= 0.3 is 0 Å². The zero-order valence-corrected chi connectivity index (χ0v) is 21.2. The number of anilines is 1. The average Bonchev–Trinajstić information content (AvgIpc) is 2.89. The summed E-state index contributed by atoms with van der Waals surface area (Å²) in [5.74, 6) is 1.39. The molecule has 1 unspecified atom stereocenters. The normalized spacial score (nSPS) is 16.1. The zero-order chi connectivity index (χ0) is 24.8. The Bertz CT molecular complexity index is 1150. The number of benzene rings is 3. The number of amides is 1. The van der Waals surface area contributed by atoms with Gasteiger partial charge in [0.1, 0.15) is 0 Å². The summed E-state index contributed by atoms with van der Waals surface area (Å²) < 4.78 is 10.8. The number of para-hydroxylation sites is 1. The molecule has 0 aromatic heterocycles. The maximum atomic E-state index is 12.6. The van der Waals surface area contributed by atoms with Gasteiger partial charge in [0, 0.05) is 55.0 Å². The van der Waals surface area contributed by atoms with Crippen LogP contribution in [-0.2, 0) is 13.1 Å².